The van der Waals surface area contributed by atoms with Crippen LogP contribution in [0.4, 0.5) is 0 Å². The van der Waals surface area contributed by atoms with Gasteiger partial charge in [-0.15, -0.1) is 0 Å². The molecule has 0 spiro atoms. The van der Waals surface area contributed by atoms with Crippen LogP contribution in [0.1, 0.15) is 38.5 Å². The molecule has 0 amide bonds. The molecule has 1 rings (SSSR count). The first kappa shape index (κ1) is 12.0. The van der Waals surface area contributed by atoms with Gasteiger partial charge in [0.05, 0.1) is 6.10 Å². The summed E-state index contributed by atoms with van der Waals surface area (Å²) in [5.41, 5.74) is 0. The Morgan fingerprint density at radius 1 is 1.29 bits per heavy atom. The number of unbranched alkanes of at least 4 members (excludes halogenated alkanes) is 2. The fraction of sp³-hybridized carbons (Fsp3) is 1.00. The van der Waals surface area contributed by atoms with E-state index in [9.17, 15) is 5.11 Å². The minimum atomic E-state index is -0.103. The van der Waals surface area contributed by atoms with Gasteiger partial charge in [-0.2, -0.15) is 0 Å². The van der Waals surface area contributed by atoms with Gasteiger partial charge in [-0.05, 0) is 45.1 Å². The fourth-order valence-electron chi connectivity index (χ4n) is 2.01. The third-order valence-corrected chi connectivity index (χ3v) is 2.91. The van der Waals surface area contributed by atoms with Crippen LogP contribution >= 0.6 is 0 Å². The fourth-order valence-corrected chi connectivity index (χ4v) is 2.01. The molecule has 1 saturated carbocycles. The van der Waals surface area contributed by atoms with E-state index in [0.29, 0.717) is 6.04 Å². The van der Waals surface area contributed by atoms with E-state index in [1.807, 2.05) is 0 Å². The van der Waals surface area contributed by atoms with Crippen molar-refractivity contribution in [2.45, 2.75) is 50.7 Å². The molecule has 84 valence electrons. The molecule has 0 aliphatic heterocycles. The Bertz CT molecular complexity index is 141. The smallest absolute Gasteiger partial charge is 0.0693 e. The van der Waals surface area contributed by atoms with Crippen LogP contribution in [0.2, 0.25) is 0 Å². The number of hydrogen-bond donors (Lipinski definition) is 2. The van der Waals surface area contributed by atoms with Gasteiger partial charge in [0.1, 0.15) is 0 Å². The zero-order chi connectivity index (χ0) is 10.2. The second-order valence-electron chi connectivity index (χ2n) is 4.11. The number of hydrogen-bond acceptors (Lipinski definition) is 3. The summed E-state index contributed by atoms with van der Waals surface area (Å²) in [4.78, 5) is 0. The van der Waals surface area contributed by atoms with E-state index in [4.69, 9.17) is 4.74 Å². The predicted octanol–water partition coefficient (Wildman–Crippen LogP) is 1.31. The van der Waals surface area contributed by atoms with Gasteiger partial charge < -0.3 is 15.2 Å². The van der Waals surface area contributed by atoms with E-state index >= 15 is 0 Å². The molecule has 0 aromatic heterocycles. The van der Waals surface area contributed by atoms with Crippen LogP contribution in [0.15, 0.2) is 0 Å². The Kier molecular flexibility index (Phi) is 6.15. The topological polar surface area (TPSA) is 41.5 Å². The van der Waals surface area contributed by atoms with Crippen molar-refractivity contribution in [3.05, 3.63) is 0 Å². The quantitative estimate of drug-likeness (QED) is 0.610. The molecule has 0 bridgehead atoms. The van der Waals surface area contributed by atoms with Crippen LogP contribution in [0, 0.1) is 0 Å². The Hall–Kier alpha value is -0.120. The standard InChI is InChI=1S/C11H23NO2/c1-14-9-4-2-3-8-12-10-6-5-7-11(10)13/h10-13H,2-9H2,1H3/t10-,11-/m1/s1. The lowest BCUT2D eigenvalue weighted by Crippen LogP contribution is -2.36. The lowest BCUT2D eigenvalue weighted by atomic mass is 10.2. The van der Waals surface area contributed by atoms with Crippen molar-refractivity contribution in [3.8, 4) is 0 Å². The summed E-state index contributed by atoms with van der Waals surface area (Å²) in [6, 6.07) is 0.359. The first-order valence-corrected chi connectivity index (χ1v) is 5.75. The van der Waals surface area contributed by atoms with Crippen molar-refractivity contribution in [1.82, 2.24) is 5.32 Å². The van der Waals surface area contributed by atoms with Crippen LogP contribution in [-0.2, 0) is 4.74 Å². The Morgan fingerprint density at radius 3 is 2.79 bits per heavy atom. The van der Waals surface area contributed by atoms with Gasteiger partial charge in [0.2, 0.25) is 0 Å². The van der Waals surface area contributed by atoms with Crippen LogP contribution in [0.5, 0.6) is 0 Å². The molecule has 2 atom stereocenters. The Labute approximate surface area is 86.8 Å². The maximum Gasteiger partial charge on any atom is 0.0693 e. The average molecular weight is 201 g/mol. The molecule has 0 saturated heterocycles. The van der Waals surface area contributed by atoms with Crippen molar-refractivity contribution in [3.63, 3.8) is 0 Å². The van der Waals surface area contributed by atoms with E-state index in [1.54, 1.807) is 7.11 Å². The maximum atomic E-state index is 9.55. The summed E-state index contributed by atoms with van der Waals surface area (Å²) in [6.07, 6.45) is 6.72. The summed E-state index contributed by atoms with van der Waals surface area (Å²) in [7, 11) is 1.74. The molecule has 3 nitrogen and oxygen atoms in total. The summed E-state index contributed by atoms with van der Waals surface area (Å²) in [6.45, 7) is 1.90. The number of methoxy groups -OCH3 is 1. The lowest BCUT2D eigenvalue weighted by Gasteiger charge is -2.15. The Morgan fingerprint density at radius 2 is 2.14 bits per heavy atom. The molecule has 2 N–H and O–H groups in total. The zero-order valence-corrected chi connectivity index (χ0v) is 9.17. The first-order chi connectivity index (χ1) is 6.84. The van der Waals surface area contributed by atoms with Crippen molar-refractivity contribution in [2.24, 2.45) is 0 Å². The number of ether oxygens (including phenoxy) is 1. The van der Waals surface area contributed by atoms with Gasteiger partial charge in [-0.3, -0.25) is 0 Å². The molecule has 14 heavy (non-hydrogen) atoms. The minimum Gasteiger partial charge on any atom is -0.392 e. The van der Waals surface area contributed by atoms with Crippen molar-refractivity contribution in [2.75, 3.05) is 20.3 Å². The lowest BCUT2D eigenvalue weighted by molar-refractivity contribution is 0.148. The SMILES string of the molecule is COCCCCCN[C@@H]1CCC[C@H]1O. The normalized spacial score (nSPS) is 27.0. The first-order valence-electron chi connectivity index (χ1n) is 5.75. The highest BCUT2D eigenvalue weighted by atomic mass is 16.5. The zero-order valence-electron chi connectivity index (χ0n) is 9.17. The third-order valence-electron chi connectivity index (χ3n) is 2.91. The van der Waals surface area contributed by atoms with Gasteiger partial charge in [-0.1, -0.05) is 0 Å². The molecule has 1 aliphatic carbocycles. The molecular formula is C11H23NO2. The molecule has 0 radical (unpaired) electrons. The molecule has 1 fully saturated rings. The summed E-state index contributed by atoms with van der Waals surface area (Å²) in [5.74, 6) is 0. The van der Waals surface area contributed by atoms with Gasteiger partial charge in [0.15, 0.2) is 0 Å². The van der Waals surface area contributed by atoms with Crippen molar-refractivity contribution in [1.29, 1.82) is 0 Å². The number of aliphatic hydroxyl groups excluding tert-OH is 1. The maximum absolute atomic E-state index is 9.55. The third kappa shape index (κ3) is 4.40. The molecule has 3 heteroatoms. The summed E-state index contributed by atoms with van der Waals surface area (Å²) >= 11 is 0. The van der Waals surface area contributed by atoms with E-state index in [1.165, 1.54) is 19.3 Å². The molecule has 0 heterocycles. The van der Waals surface area contributed by atoms with E-state index in [-0.39, 0.29) is 6.10 Å². The molecule has 0 unspecified atom stereocenters. The number of aliphatic hydroxyl groups is 1. The second kappa shape index (κ2) is 7.21. The monoisotopic (exact) mass is 201 g/mol. The van der Waals surface area contributed by atoms with Gasteiger partial charge in [0.25, 0.3) is 0 Å². The largest absolute Gasteiger partial charge is 0.392 e. The summed E-state index contributed by atoms with van der Waals surface area (Å²) < 4.78 is 4.98. The predicted molar refractivity (Wildman–Crippen MR) is 57.4 cm³/mol. The van der Waals surface area contributed by atoms with E-state index in [2.05, 4.69) is 5.32 Å². The van der Waals surface area contributed by atoms with E-state index in [0.717, 1.165) is 32.4 Å². The Balaban J connectivity index is 1.88. The molecule has 0 aromatic carbocycles. The molecule has 1 aliphatic rings. The molecular weight excluding hydrogens is 178 g/mol. The van der Waals surface area contributed by atoms with Crippen molar-refractivity contribution >= 4 is 0 Å². The second-order valence-corrected chi connectivity index (χ2v) is 4.11. The van der Waals surface area contributed by atoms with E-state index < -0.39 is 0 Å². The van der Waals surface area contributed by atoms with Crippen molar-refractivity contribution < 1.29 is 9.84 Å². The molecule has 0 aromatic rings. The summed E-state index contributed by atoms with van der Waals surface area (Å²) in [5, 5.41) is 13.0. The highest BCUT2D eigenvalue weighted by Crippen LogP contribution is 2.18. The number of rotatable bonds is 7. The minimum absolute atomic E-state index is 0.103. The van der Waals surface area contributed by atoms with Gasteiger partial charge >= 0.3 is 0 Å². The van der Waals surface area contributed by atoms with Gasteiger partial charge in [-0.25, -0.2) is 0 Å². The van der Waals surface area contributed by atoms with Crippen LogP contribution < -0.4 is 5.32 Å². The number of nitrogens with one attached hydrogen (secondary N) is 1. The van der Waals surface area contributed by atoms with Crippen LogP contribution in [-0.4, -0.2) is 37.5 Å². The average Bonchev–Trinajstić information content (AvgIpc) is 2.58. The highest BCUT2D eigenvalue weighted by molar-refractivity contribution is 4.82. The van der Waals surface area contributed by atoms with Crippen LogP contribution in [0.25, 0.3) is 0 Å². The van der Waals surface area contributed by atoms with Crippen LogP contribution in [0.3, 0.4) is 0 Å². The highest BCUT2D eigenvalue weighted by Gasteiger charge is 2.23. The van der Waals surface area contributed by atoms with Gasteiger partial charge in [0, 0.05) is 19.8 Å².